The minimum absolute atomic E-state index is 0.00434. The average molecular weight is 379 g/mol. The summed E-state index contributed by atoms with van der Waals surface area (Å²) in [5.74, 6) is 0.629. The molecular formula is C16H21N5O4S. The highest BCUT2D eigenvalue weighted by Gasteiger charge is 2.37. The van der Waals surface area contributed by atoms with Crippen molar-refractivity contribution in [3.8, 4) is 0 Å². The SMILES string of the molecule is CCc1ccc([N+](=O)[O-])cc1S(=O)(=O)N1CCNCC1c1nccn1C. The van der Waals surface area contributed by atoms with E-state index >= 15 is 0 Å². The van der Waals surface area contributed by atoms with Crippen molar-refractivity contribution in [2.45, 2.75) is 24.3 Å². The smallest absolute Gasteiger partial charge is 0.270 e. The Bertz CT molecular complexity index is 924. The zero-order valence-corrected chi connectivity index (χ0v) is 15.4. The predicted molar refractivity (Wildman–Crippen MR) is 95.2 cm³/mol. The molecule has 1 aliphatic rings. The number of hydrogen-bond acceptors (Lipinski definition) is 6. The summed E-state index contributed by atoms with van der Waals surface area (Å²) in [5, 5.41) is 14.3. The zero-order valence-electron chi connectivity index (χ0n) is 14.6. The third-order valence-electron chi connectivity index (χ3n) is 4.58. The van der Waals surface area contributed by atoms with E-state index in [9.17, 15) is 18.5 Å². The van der Waals surface area contributed by atoms with Crippen LogP contribution in [0.15, 0.2) is 35.5 Å². The van der Waals surface area contributed by atoms with Crippen LogP contribution in [-0.2, 0) is 23.5 Å². The lowest BCUT2D eigenvalue weighted by Crippen LogP contribution is -2.49. The van der Waals surface area contributed by atoms with Crippen molar-refractivity contribution < 1.29 is 13.3 Å². The summed E-state index contributed by atoms with van der Waals surface area (Å²) >= 11 is 0. The van der Waals surface area contributed by atoms with Crippen LogP contribution in [0.1, 0.15) is 24.4 Å². The molecule has 1 saturated heterocycles. The maximum absolute atomic E-state index is 13.4. The molecule has 1 aromatic carbocycles. The fraction of sp³-hybridized carbons (Fsp3) is 0.438. The van der Waals surface area contributed by atoms with Crippen LogP contribution in [0.2, 0.25) is 0 Å². The number of non-ortho nitro benzene ring substituents is 1. The van der Waals surface area contributed by atoms with Crippen molar-refractivity contribution >= 4 is 15.7 Å². The number of nitro groups is 1. The van der Waals surface area contributed by atoms with E-state index in [0.717, 1.165) is 6.07 Å². The second-order valence-corrected chi connectivity index (χ2v) is 7.99. The molecule has 1 unspecified atom stereocenters. The molecule has 0 aliphatic carbocycles. The van der Waals surface area contributed by atoms with Gasteiger partial charge in [-0.15, -0.1) is 0 Å². The molecule has 1 N–H and O–H groups in total. The first-order chi connectivity index (χ1) is 12.4. The summed E-state index contributed by atoms with van der Waals surface area (Å²) in [6.45, 7) is 3.04. The van der Waals surface area contributed by atoms with Crippen molar-refractivity contribution in [3.63, 3.8) is 0 Å². The Labute approximate surface area is 151 Å². The minimum atomic E-state index is -3.92. The number of sulfonamides is 1. The van der Waals surface area contributed by atoms with Gasteiger partial charge in [0, 0.05) is 51.2 Å². The normalized spacial score (nSPS) is 18.8. The highest BCUT2D eigenvalue weighted by molar-refractivity contribution is 7.89. The van der Waals surface area contributed by atoms with Gasteiger partial charge in [0.15, 0.2) is 0 Å². The summed E-state index contributed by atoms with van der Waals surface area (Å²) in [6.07, 6.45) is 3.85. The van der Waals surface area contributed by atoms with Crippen LogP contribution in [0.4, 0.5) is 5.69 Å². The number of imidazole rings is 1. The lowest BCUT2D eigenvalue weighted by Gasteiger charge is -2.35. The fourth-order valence-electron chi connectivity index (χ4n) is 3.21. The Morgan fingerprint density at radius 2 is 2.19 bits per heavy atom. The number of nitrogens with one attached hydrogen (secondary N) is 1. The Morgan fingerprint density at radius 3 is 2.81 bits per heavy atom. The van der Waals surface area contributed by atoms with Crippen LogP contribution >= 0.6 is 0 Å². The number of nitro benzene ring substituents is 1. The highest BCUT2D eigenvalue weighted by Crippen LogP contribution is 2.31. The zero-order chi connectivity index (χ0) is 18.9. The third-order valence-corrected chi connectivity index (χ3v) is 6.57. The lowest BCUT2D eigenvalue weighted by molar-refractivity contribution is -0.385. The van der Waals surface area contributed by atoms with Gasteiger partial charge in [-0.3, -0.25) is 10.1 Å². The number of benzene rings is 1. The fourth-order valence-corrected chi connectivity index (χ4v) is 5.11. The van der Waals surface area contributed by atoms with Crippen molar-refractivity contribution in [2.24, 2.45) is 7.05 Å². The molecule has 2 heterocycles. The summed E-state index contributed by atoms with van der Waals surface area (Å²) in [4.78, 5) is 14.8. The van der Waals surface area contributed by atoms with Gasteiger partial charge in [-0.05, 0) is 12.0 Å². The first-order valence-electron chi connectivity index (χ1n) is 8.33. The Balaban J connectivity index is 2.10. The first-order valence-corrected chi connectivity index (χ1v) is 9.77. The van der Waals surface area contributed by atoms with Gasteiger partial charge in [-0.1, -0.05) is 13.0 Å². The monoisotopic (exact) mass is 379 g/mol. The number of nitrogens with zero attached hydrogens (tertiary/aromatic N) is 4. The highest BCUT2D eigenvalue weighted by atomic mass is 32.2. The van der Waals surface area contributed by atoms with Gasteiger partial charge >= 0.3 is 0 Å². The van der Waals surface area contributed by atoms with Crippen LogP contribution in [-0.4, -0.2) is 46.8 Å². The van der Waals surface area contributed by atoms with Gasteiger partial charge in [0.1, 0.15) is 5.82 Å². The second-order valence-electron chi connectivity index (χ2n) is 6.13. The summed E-state index contributed by atoms with van der Waals surface area (Å²) < 4.78 is 30.0. The number of hydrogen-bond donors (Lipinski definition) is 1. The molecule has 2 aromatic rings. The average Bonchev–Trinajstić information content (AvgIpc) is 3.06. The topological polar surface area (TPSA) is 110 Å². The molecule has 1 atom stereocenters. The molecule has 0 spiro atoms. The lowest BCUT2D eigenvalue weighted by atomic mass is 10.1. The summed E-state index contributed by atoms with van der Waals surface area (Å²) in [7, 11) is -2.11. The molecule has 10 heteroatoms. The van der Waals surface area contributed by atoms with E-state index < -0.39 is 21.0 Å². The minimum Gasteiger partial charge on any atom is -0.337 e. The van der Waals surface area contributed by atoms with Crippen molar-refractivity contribution in [1.82, 2.24) is 19.2 Å². The van der Waals surface area contributed by atoms with Crippen molar-refractivity contribution in [3.05, 3.63) is 52.1 Å². The van der Waals surface area contributed by atoms with E-state index in [1.165, 1.54) is 16.4 Å². The molecule has 1 fully saturated rings. The molecule has 0 saturated carbocycles. The molecule has 1 aliphatic heterocycles. The molecule has 140 valence electrons. The molecular weight excluding hydrogens is 358 g/mol. The number of aryl methyl sites for hydroxylation is 2. The third kappa shape index (κ3) is 3.22. The van der Waals surface area contributed by atoms with Gasteiger partial charge in [0.25, 0.3) is 5.69 Å². The van der Waals surface area contributed by atoms with E-state index in [-0.39, 0.29) is 17.1 Å². The Kier molecular flexibility index (Phi) is 5.08. The van der Waals surface area contributed by atoms with Crippen LogP contribution in [0.3, 0.4) is 0 Å². The molecule has 0 amide bonds. The van der Waals surface area contributed by atoms with E-state index in [0.29, 0.717) is 30.9 Å². The Morgan fingerprint density at radius 1 is 1.42 bits per heavy atom. The number of rotatable bonds is 5. The molecule has 3 rings (SSSR count). The van der Waals surface area contributed by atoms with Crippen molar-refractivity contribution in [1.29, 1.82) is 0 Å². The molecule has 0 radical (unpaired) electrons. The molecule has 1 aromatic heterocycles. The number of piperazine rings is 1. The predicted octanol–water partition coefficient (Wildman–Crippen LogP) is 1.23. The van der Waals surface area contributed by atoms with Crippen LogP contribution in [0.5, 0.6) is 0 Å². The second kappa shape index (κ2) is 7.14. The Hall–Kier alpha value is -2.30. The largest absolute Gasteiger partial charge is 0.337 e. The van der Waals surface area contributed by atoms with Gasteiger partial charge in [0.2, 0.25) is 10.0 Å². The summed E-state index contributed by atoms with van der Waals surface area (Å²) in [6, 6.07) is 3.54. The van der Waals surface area contributed by atoms with E-state index in [1.54, 1.807) is 17.0 Å². The maximum Gasteiger partial charge on any atom is 0.270 e. The van der Waals surface area contributed by atoms with Gasteiger partial charge < -0.3 is 9.88 Å². The maximum atomic E-state index is 13.4. The summed E-state index contributed by atoms with van der Waals surface area (Å²) in [5.41, 5.74) is 0.331. The van der Waals surface area contributed by atoms with Gasteiger partial charge in [-0.25, -0.2) is 13.4 Å². The molecule has 0 bridgehead atoms. The van der Waals surface area contributed by atoms with Gasteiger partial charge in [-0.2, -0.15) is 4.31 Å². The molecule has 26 heavy (non-hydrogen) atoms. The van der Waals surface area contributed by atoms with E-state index in [1.807, 2.05) is 14.0 Å². The van der Waals surface area contributed by atoms with Crippen LogP contribution < -0.4 is 5.32 Å². The van der Waals surface area contributed by atoms with E-state index in [4.69, 9.17) is 0 Å². The number of aromatic nitrogens is 2. The van der Waals surface area contributed by atoms with Crippen molar-refractivity contribution in [2.75, 3.05) is 19.6 Å². The van der Waals surface area contributed by atoms with Crippen LogP contribution in [0, 0.1) is 10.1 Å². The van der Waals surface area contributed by atoms with Crippen LogP contribution in [0.25, 0.3) is 0 Å². The first kappa shape index (κ1) is 18.5. The quantitative estimate of drug-likeness (QED) is 0.618. The standard InChI is InChI=1S/C16H21N5O4S/c1-3-12-4-5-13(21(22)23)10-15(12)26(24,25)20-9-6-17-11-14(20)16-18-7-8-19(16)2/h4-5,7-8,10,14,17H,3,6,9,11H2,1-2H3. The van der Waals surface area contributed by atoms with Gasteiger partial charge in [0.05, 0.1) is 15.9 Å². The van der Waals surface area contributed by atoms with E-state index in [2.05, 4.69) is 10.3 Å². The molecule has 9 nitrogen and oxygen atoms in total.